The van der Waals surface area contributed by atoms with Gasteiger partial charge in [-0.3, -0.25) is 9.36 Å². The Morgan fingerprint density at radius 2 is 1.94 bits per heavy atom. The zero-order valence-corrected chi connectivity index (χ0v) is 21.1. The SMILES string of the molecule is CCOC(=O)C1=C(C)N=c2s/c(=C\c3cc(Cl)ccc3OCC)c(=O)n2[C@H]1c1ccccc1Cl. The molecule has 4 rings (SSSR count). The van der Waals surface area contributed by atoms with Crippen molar-refractivity contribution in [2.45, 2.75) is 26.8 Å². The molecule has 176 valence electrons. The smallest absolute Gasteiger partial charge is 0.338 e. The fraction of sp³-hybridized carbons (Fsp3) is 0.240. The molecule has 6 nitrogen and oxygen atoms in total. The molecule has 0 amide bonds. The topological polar surface area (TPSA) is 69.9 Å². The predicted molar refractivity (Wildman–Crippen MR) is 134 cm³/mol. The number of nitrogens with zero attached hydrogens (tertiary/aromatic N) is 2. The lowest BCUT2D eigenvalue weighted by molar-refractivity contribution is -0.139. The van der Waals surface area contributed by atoms with Crippen molar-refractivity contribution in [3.05, 3.63) is 94.6 Å². The van der Waals surface area contributed by atoms with E-state index in [1.165, 1.54) is 15.9 Å². The third-order valence-electron chi connectivity index (χ3n) is 5.28. The number of hydrogen-bond donors (Lipinski definition) is 0. The van der Waals surface area contributed by atoms with Crippen molar-refractivity contribution < 1.29 is 14.3 Å². The van der Waals surface area contributed by atoms with Gasteiger partial charge >= 0.3 is 5.97 Å². The van der Waals surface area contributed by atoms with Gasteiger partial charge < -0.3 is 9.47 Å². The zero-order valence-electron chi connectivity index (χ0n) is 18.8. The highest BCUT2D eigenvalue weighted by molar-refractivity contribution is 7.07. The highest BCUT2D eigenvalue weighted by atomic mass is 35.5. The van der Waals surface area contributed by atoms with Crippen molar-refractivity contribution in [1.29, 1.82) is 0 Å². The summed E-state index contributed by atoms with van der Waals surface area (Å²) in [5.74, 6) is 0.0835. The maximum absolute atomic E-state index is 13.7. The molecule has 0 spiro atoms. The van der Waals surface area contributed by atoms with E-state index >= 15 is 0 Å². The van der Waals surface area contributed by atoms with E-state index in [9.17, 15) is 9.59 Å². The highest BCUT2D eigenvalue weighted by Crippen LogP contribution is 2.34. The molecule has 0 fully saturated rings. The van der Waals surface area contributed by atoms with Crippen LogP contribution in [0.2, 0.25) is 10.0 Å². The van der Waals surface area contributed by atoms with Gasteiger partial charge in [-0.05, 0) is 56.7 Å². The molecule has 1 aliphatic heterocycles. The minimum atomic E-state index is -0.767. The number of halogens is 2. The van der Waals surface area contributed by atoms with E-state index in [-0.39, 0.29) is 17.7 Å². The molecular formula is C25H22Cl2N2O4S. The van der Waals surface area contributed by atoms with Crippen LogP contribution in [0.1, 0.15) is 37.9 Å². The lowest BCUT2D eigenvalue weighted by Crippen LogP contribution is -2.40. The molecule has 3 aromatic rings. The Bertz CT molecular complexity index is 1470. The van der Waals surface area contributed by atoms with Crippen LogP contribution in [0.15, 0.2) is 63.5 Å². The molecule has 2 aromatic carbocycles. The number of rotatable bonds is 6. The monoisotopic (exact) mass is 516 g/mol. The Balaban J connectivity index is 1.98. The van der Waals surface area contributed by atoms with E-state index in [0.717, 1.165) is 0 Å². The Kier molecular flexibility index (Phi) is 7.26. The van der Waals surface area contributed by atoms with Crippen LogP contribution in [0.4, 0.5) is 0 Å². The number of carbonyl (C=O) groups excluding carboxylic acids is 1. The standard InChI is InChI=1S/C25H22Cl2N2O4S/c1-4-32-19-11-10-16(26)12-15(19)13-20-23(30)29-22(17-8-6-7-9-18(17)27)21(24(31)33-5-2)14(3)28-25(29)34-20/h6-13,22H,4-5H2,1-3H3/b20-13-/t22-/m0/s1. The van der Waals surface area contributed by atoms with Gasteiger partial charge in [-0.2, -0.15) is 0 Å². The molecule has 2 heterocycles. The van der Waals surface area contributed by atoms with E-state index in [1.54, 1.807) is 56.3 Å². The van der Waals surface area contributed by atoms with E-state index in [4.69, 9.17) is 32.7 Å². The van der Waals surface area contributed by atoms with Crippen LogP contribution in [0.5, 0.6) is 5.75 Å². The van der Waals surface area contributed by atoms with E-state index in [2.05, 4.69) is 4.99 Å². The molecule has 9 heteroatoms. The molecular weight excluding hydrogens is 495 g/mol. The molecule has 0 saturated heterocycles. The number of thiazole rings is 1. The van der Waals surface area contributed by atoms with Crippen molar-refractivity contribution >= 4 is 46.6 Å². The van der Waals surface area contributed by atoms with Gasteiger partial charge in [0.1, 0.15) is 11.8 Å². The van der Waals surface area contributed by atoms with Gasteiger partial charge in [-0.25, -0.2) is 9.79 Å². The predicted octanol–water partition coefficient (Wildman–Crippen LogP) is 4.50. The van der Waals surface area contributed by atoms with Crippen molar-refractivity contribution in [3.8, 4) is 5.75 Å². The summed E-state index contributed by atoms with van der Waals surface area (Å²) in [6.07, 6.45) is 1.73. The summed E-state index contributed by atoms with van der Waals surface area (Å²) in [4.78, 5) is 31.7. The number of ether oxygens (including phenoxy) is 2. The molecule has 0 N–H and O–H groups in total. The second kappa shape index (κ2) is 10.2. The molecule has 0 bridgehead atoms. The normalized spacial score (nSPS) is 15.7. The van der Waals surface area contributed by atoms with Crippen LogP contribution in [-0.4, -0.2) is 23.8 Å². The first-order valence-electron chi connectivity index (χ1n) is 10.7. The van der Waals surface area contributed by atoms with Crippen LogP contribution in [0.25, 0.3) is 6.08 Å². The molecule has 0 aliphatic carbocycles. The average molecular weight is 517 g/mol. The minimum Gasteiger partial charge on any atom is -0.493 e. The maximum Gasteiger partial charge on any atom is 0.338 e. The lowest BCUT2D eigenvalue weighted by Gasteiger charge is -2.25. The second-order valence-corrected chi connectivity index (χ2v) is 9.29. The molecule has 34 heavy (non-hydrogen) atoms. The van der Waals surface area contributed by atoms with Gasteiger partial charge in [0.05, 0.1) is 29.0 Å². The van der Waals surface area contributed by atoms with E-state index < -0.39 is 12.0 Å². The number of benzene rings is 2. The van der Waals surface area contributed by atoms with Gasteiger partial charge in [-0.1, -0.05) is 52.7 Å². The third kappa shape index (κ3) is 4.56. The van der Waals surface area contributed by atoms with Gasteiger partial charge in [0.15, 0.2) is 4.80 Å². The summed E-state index contributed by atoms with van der Waals surface area (Å²) in [6.45, 7) is 6.02. The van der Waals surface area contributed by atoms with Crippen molar-refractivity contribution in [1.82, 2.24) is 4.57 Å². The quantitative estimate of drug-likeness (QED) is 0.452. The number of carbonyl (C=O) groups is 1. The van der Waals surface area contributed by atoms with Crippen molar-refractivity contribution in [2.24, 2.45) is 4.99 Å². The summed E-state index contributed by atoms with van der Waals surface area (Å²) in [6, 6.07) is 11.6. The average Bonchev–Trinajstić information content (AvgIpc) is 3.10. The summed E-state index contributed by atoms with van der Waals surface area (Å²) >= 11 is 13.9. The Morgan fingerprint density at radius 3 is 2.65 bits per heavy atom. The maximum atomic E-state index is 13.7. The Hall–Kier alpha value is -2.87. The first-order valence-corrected chi connectivity index (χ1v) is 12.3. The summed E-state index contributed by atoms with van der Waals surface area (Å²) in [5, 5.41) is 0.962. The number of hydrogen-bond acceptors (Lipinski definition) is 6. The van der Waals surface area contributed by atoms with Crippen LogP contribution in [0, 0.1) is 0 Å². The van der Waals surface area contributed by atoms with E-state index in [1.807, 2.05) is 13.0 Å². The fourth-order valence-corrected chi connectivity index (χ4v) is 5.30. The number of allylic oxidation sites excluding steroid dienone is 1. The molecule has 0 radical (unpaired) electrons. The van der Waals surface area contributed by atoms with Crippen molar-refractivity contribution in [2.75, 3.05) is 13.2 Å². The van der Waals surface area contributed by atoms with Crippen LogP contribution in [0.3, 0.4) is 0 Å². The zero-order chi connectivity index (χ0) is 24.4. The van der Waals surface area contributed by atoms with E-state index in [0.29, 0.717) is 48.6 Å². The van der Waals surface area contributed by atoms with Gasteiger partial charge in [0, 0.05) is 15.6 Å². The Morgan fingerprint density at radius 1 is 1.18 bits per heavy atom. The number of aromatic nitrogens is 1. The fourth-order valence-electron chi connectivity index (χ4n) is 3.84. The Labute approximate surface area is 210 Å². The largest absolute Gasteiger partial charge is 0.493 e. The molecule has 1 aliphatic rings. The summed E-state index contributed by atoms with van der Waals surface area (Å²) in [5.41, 5.74) is 1.76. The molecule has 0 unspecified atom stereocenters. The molecule has 1 aromatic heterocycles. The molecule has 1 atom stereocenters. The molecule has 0 saturated carbocycles. The highest BCUT2D eigenvalue weighted by Gasteiger charge is 2.34. The first-order chi connectivity index (χ1) is 16.3. The van der Waals surface area contributed by atoms with Gasteiger partial charge in [-0.15, -0.1) is 0 Å². The van der Waals surface area contributed by atoms with Gasteiger partial charge in [0.2, 0.25) is 0 Å². The van der Waals surface area contributed by atoms with Crippen molar-refractivity contribution in [3.63, 3.8) is 0 Å². The van der Waals surface area contributed by atoms with Gasteiger partial charge in [0.25, 0.3) is 5.56 Å². The summed E-state index contributed by atoms with van der Waals surface area (Å²) in [7, 11) is 0. The lowest BCUT2D eigenvalue weighted by atomic mass is 9.96. The van der Waals surface area contributed by atoms with Crippen LogP contribution in [-0.2, 0) is 9.53 Å². The van der Waals surface area contributed by atoms with Crippen LogP contribution < -0.4 is 19.6 Å². The second-order valence-electron chi connectivity index (χ2n) is 7.44. The minimum absolute atomic E-state index is 0.199. The van der Waals surface area contributed by atoms with Crippen LogP contribution >= 0.6 is 34.5 Å². The number of esters is 1. The first kappa shape index (κ1) is 24.3. The number of fused-ring (bicyclic) bond motifs is 1. The third-order valence-corrected chi connectivity index (χ3v) is 6.84. The summed E-state index contributed by atoms with van der Waals surface area (Å²) < 4.78 is 12.9.